The average molecular weight is 342 g/mol. The lowest BCUT2D eigenvalue weighted by atomic mass is 9.91. The van der Waals surface area contributed by atoms with Crippen molar-refractivity contribution in [1.82, 2.24) is 0 Å². The molecular weight excluding hydrogens is 334 g/mol. The molecule has 0 amide bonds. The number of anilines is 1. The molecule has 3 N–H and O–H groups in total. The molecule has 0 aliphatic carbocycles. The van der Waals surface area contributed by atoms with Crippen LogP contribution in [0.3, 0.4) is 0 Å². The van der Waals surface area contributed by atoms with E-state index in [9.17, 15) is 18.3 Å². The summed E-state index contributed by atoms with van der Waals surface area (Å²) in [4.78, 5) is -0.276. The second kappa shape index (κ2) is 5.11. The zero-order valence-electron chi connectivity index (χ0n) is 9.71. The summed E-state index contributed by atoms with van der Waals surface area (Å²) in [5.41, 5.74) is 1.81. The molecule has 0 bridgehead atoms. The maximum atomic E-state index is 13.4. The zero-order valence-corrected chi connectivity index (χ0v) is 12.0. The Labute approximate surface area is 126 Å². The summed E-state index contributed by atoms with van der Waals surface area (Å²) >= 11 is 12.3. The molecule has 0 spiro atoms. The van der Waals surface area contributed by atoms with Crippen LogP contribution in [0.1, 0.15) is 10.4 Å². The fraction of sp³-hybridized carbons (Fsp3) is 0.167. The van der Waals surface area contributed by atoms with Gasteiger partial charge in [0.25, 0.3) is 0 Å². The van der Waals surface area contributed by atoms with Gasteiger partial charge in [0.15, 0.2) is 0 Å². The molecule has 2 nitrogen and oxygen atoms in total. The van der Waals surface area contributed by atoms with E-state index in [-0.39, 0.29) is 20.6 Å². The van der Waals surface area contributed by atoms with Gasteiger partial charge in [-0.15, -0.1) is 11.3 Å². The highest BCUT2D eigenvalue weighted by Gasteiger charge is 2.57. The Hall–Kier alpha value is -0.950. The fourth-order valence-electron chi connectivity index (χ4n) is 1.72. The van der Waals surface area contributed by atoms with Gasteiger partial charge >= 0.3 is 6.18 Å². The van der Waals surface area contributed by atoms with Crippen LogP contribution in [-0.2, 0) is 5.60 Å². The van der Waals surface area contributed by atoms with Crippen molar-refractivity contribution in [3.63, 3.8) is 0 Å². The number of rotatable bonds is 2. The number of nitrogens with two attached hydrogens (primary N) is 1. The summed E-state index contributed by atoms with van der Waals surface area (Å²) in [7, 11) is 0. The Kier molecular flexibility index (Phi) is 3.94. The molecule has 0 aliphatic rings. The molecule has 0 fully saturated rings. The summed E-state index contributed by atoms with van der Waals surface area (Å²) in [5.74, 6) is 0. The third-order valence-electron chi connectivity index (χ3n) is 2.78. The Morgan fingerprint density at radius 2 is 1.70 bits per heavy atom. The smallest absolute Gasteiger partial charge is 0.396 e. The molecule has 1 aromatic carbocycles. The van der Waals surface area contributed by atoms with E-state index in [4.69, 9.17) is 28.9 Å². The third-order valence-corrected chi connectivity index (χ3v) is 4.39. The second-order valence-corrected chi connectivity index (χ2v) is 5.80. The van der Waals surface area contributed by atoms with E-state index in [0.717, 1.165) is 23.5 Å². The van der Waals surface area contributed by atoms with E-state index in [1.165, 1.54) is 17.5 Å². The third kappa shape index (κ3) is 2.37. The normalized spacial score (nSPS) is 15.1. The Bertz CT molecular complexity index is 607. The van der Waals surface area contributed by atoms with Crippen LogP contribution in [0, 0.1) is 0 Å². The van der Waals surface area contributed by atoms with Gasteiger partial charge in [0.1, 0.15) is 0 Å². The van der Waals surface area contributed by atoms with Crippen LogP contribution in [0.4, 0.5) is 18.9 Å². The van der Waals surface area contributed by atoms with Crippen molar-refractivity contribution in [2.75, 3.05) is 5.73 Å². The van der Waals surface area contributed by atoms with Gasteiger partial charge in [-0.25, -0.2) is 0 Å². The van der Waals surface area contributed by atoms with E-state index in [1.807, 2.05) is 0 Å². The SMILES string of the molecule is Nc1c(Cl)cc(C(O)(c2cccs2)C(F)(F)F)cc1Cl. The predicted molar refractivity (Wildman–Crippen MR) is 74.2 cm³/mol. The topological polar surface area (TPSA) is 46.2 Å². The van der Waals surface area contributed by atoms with Gasteiger partial charge in [-0.05, 0) is 23.6 Å². The summed E-state index contributed by atoms with van der Waals surface area (Å²) < 4.78 is 40.1. The van der Waals surface area contributed by atoms with Gasteiger partial charge in [0, 0.05) is 10.4 Å². The monoisotopic (exact) mass is 341 g/mol. The van der Waals surface area contributed by atoms with Gasteiger partial charge in [-0.3, -0.25) is 0 Å². The predicted octanol–water partition coefficient (Wildman–Crippen LogP) is 4.44. The molecule has 0 saturated heterocycles. The summed E-state index contributed by atoms with van der Waals surface area (Å²) in [6.07, 6.45) is -4.93. The summed E-state index contributed by atoms with van der Waals surface area (Å²) in [5, 5.41) is 11.4. The number of alkyl halides is 3. The van der Waals surface area contributed by atoms with Crippen LogP contribution in [0.15, 0.2) is 29.6 Å². The van der Waals surface area contributed by atoms with Gasteiger partial charge < -0.3 is 10.8 Å². The Balaban J connectivity index is 2.72. The molecule has 1 atom stereocenters. The van der Waals surface area contributed by atoms with Crippen molar-refractivity contribution < 1.29 is 18.3 Å². The molecule has 108 valence electrons. The second-order valence-electron chi connectivity index (χ2n) is 4.04. The van der Waals surface area contributed by atoms with Crippen molar-refractivity contribution in [1.29, 1.82) is 0 Å². The lowest BCUT2D eigenvalue weighted by molar-refractivity contribution is -0.247. The summed E-state index contributed by atoms with van der Waals surface area (Å²) in [6.45, 7) is 0. The van der Waals surface area contributed by atoms with Gasteiger partial charge in [0.05, 0.1) is 15.7 Å². The van der Waals surface area contributed by atoms with Crippen molar-refractivity contribution in [3.8, 4) is 0 Å². The highest BCUT2D eigenvalue weighted by Crippen LogP contribution is 2.47. The van der Waals surface area contributed by atoms with Gasteiger partial charge in [-0.1, -0.05) is 29.3 Å². The number of hydrogen-bond acceptors (Lipinski definition) is 3. The molecule has 1 heterocycles. The van der Waals surface area contributed by atoms with Gasteiger partial charge in [-0.2, -0.15) is 13.2 Å². The first kappa shape index (κ1) is 15.4. The largest absolute Gasteiger partial charge is 0.426 e. The van der Waals surface area contributed by atoms with E-state index >= 15 is 0 Å². The van der Waals surface area contributed by atoms with E-state index in [1.54, 1.807) is 0 Å². The molecule has 2 rings (SSSR count). The van der Waals surface area contributed by atoms with Crippen LogP contribution in [-0.4, -0.2) is 11.3 Å². The van der Waals surface area contributed by atoms with Crippen molar-refractivity contribution in [2.45, 2.75) is 11.8 Å². The molecule has 2 aromatic rings. The molecular formula is C12H8Cl2F3NOS. The molecule has 1 aromatic heterocycles. The lowest BCUT2D eigenvalue weighted by Gasteiger charge is -2.30. The minimum absolute atomic E-state index is 0.0345. The average Bonchev–Trinajstić information content (AvgIpc) is 2.86. The minimum Gasteiger partial charge on any atom is -0.396 e. The molecule has 20 heavy (non-hydrogen) atoms. The Morgan fingerprint density at radius 1 is 1.15 bits per heavy atom. The van der Waals surface area contributed by atoms with Crippen LogP contribution in [0.2, 0.25) is 10.0 Å². The maximum Gasteiger partial charge on any atom is 0.426 e. The van der Waals surface area contributed by atoms with Crippen molar-refractivity contribution in [3.05, 3.63) is 50.1 Å². The quantitative estimate of drug-likeness (QED) is 0.793. The standard InChI is InChI=1S/C12H8Cl2F3NOS/c13-7-4-6(5-8(14)10(7)18)11(19,12(15,16)17)9-2-1-3-20-9/h1-5,19H,18H2. The minimum atomic E-state index is -4.93. The first-order chi connectivity index (χ1) is 9.18. The highest BCUT2D eigenvalue weighted by molar-refractivity contribution is 7.10. The number of aliphatic hydroxyl groups is 1. The number of benzene rings is 1. The molecule has 0 aliphatic heterocycles. The molecule has 8 heteroatoms. The lowest BCUT2D eigenvalue weighted by Crippen LogP contribution is -2.42. The highest BCUT2D eigenvalue weighted by atomic mass is 35.5. The first-order valence-electron chi connectivity index (χ1n) is 5.26. The van der Waals surface area contributed by atoms with E-state index < -0.39 is 17.3 Å². The van der Waals surface area contributed by atoms with Crippen LogP contribution < -0.4 is 5.73 Å². The number of nitrogen functional groups attached to an aromatic ring is 1. The van der Waals surface area contributed by atoms with E-state index in [0.29, 0.717) is 0 Å². The number of thiophene rings is 1. The van der Waals surface area contributed by atoms with Crippen LogP contribution in [0.5, 0.6) is 0 Å². The molecule has 0 radical (unpaired) electrons. The van der Waals surface area contributed by atoms with Gasteiger partial charge in [0.2, 0.25) is 5.60 Å². The molecule has 1 unspecified atom stereocenters. The van der Waals surface area contributed by atoms with E-state index in [2.05, 4.69) is 0 Å². The maximum absolute atomic E-state index is 13.4. The molecule has 0 saturated carbocycles. The van der Waals surface area contributed by atoms with Crippen LogP contribution in [0.25, 0.3) is 0 Å². The van der Waals surface area contributed by atoms with Crippen LogP contribution >= 0.6 is 34.5 Å². The first-order valence-corrected chi connectivity index (χ1v) is 6.89. The Morgan fingerprint density at radius 3 is 2.10 bits per heavy atom. The van der Waals surface area contributed by atoms with Crippen molar-refractivity contribution in [2.24, 2.45) is 0 Å². The zero-order chi connectivity index (χ0) is 15.1. The summed E-state index contributed by atoms with van der Waals surface area (Å²) in [6, 6.07) is 4.54. The number of hydrogen-bond donors (Lipinski definition) is 2. The fourth-order valence-corrected chi connectivity index (χ4v) is 3.08. The number of halogens is 5. The van der Waals surface area contributed by atoms with Crippen molar-refractivity contribution >= 4 is 40.2 Å².